The van der Waals surface area contributed by atoms with Gasteiger partial charge in [-0.3, -0.25) is 19.2 Å². The van der Waals surface area contributed by atoms with Crippen LogP contribution in [0.3, 0.4) is 0 Å². The van der Waals surface area contributed by atoms with Gasteiger partial charge in [0.2, 0.25) is 17.6 Å². The average Bonchev–Trinajstić information content (AvgIpc) is 3.73. The van der Waals surface area contributed by atoms with Crippen molar-refractivity contribution >= 4 is 36.1 Å². The quantitative estimate of drug-likeness (QED) is 0.140. The maximum Gasteiger partial charge on any atom is 0.410 e. The molecular weight excluding hydrogens is 879 g/mol. The zero-order valence-corrected chi connectivity index (χ0v) is 44.1. The summed E-state index contributed by atoms with van der Waals surface area (Å²) in [5.74, 6) is -3.31. The summed E-state index contributed by atoms with van der Waals surface area (Å²) >= 11 is 0. The lowest BCUT2D eigenvalue weighted by molar-refractivity contribution is -0.162. The van der Waals surface area contributed by atoms with Crippen LogP contribution < -0.4 is 10.6 Å². The lowest BCUT2D eigenvalue weighted by Gasteiger charge is -2.33. The van der Waals surface area contributed by atoms with Crippen LogP contribution in [0.1, 0.15) is 142 Å². The number of hydrogen-bond donors (Lipinski definition) is 2. The van der Waals surface area contributed by atoms with Crippen molar-refractivity contribution in [3.05, 3.63) is 11.9 Å². The van der Waals surface area contributed by atoms with Crippen LogP contribution in [0.15, 0.2) is 6.20 Å². The molecule has 2 N–H and O–H groups in total. The SMILES string of the molecule is CC(C)CC(C(=O)NC(C(=O)NCCCn1cc(CN2CCCN(C(=O)OC(C)(C)C)CCN(C(=O)OC(C)(C)C)CCCN(C(=O)OC(C)(C)C)CC2)nn1)C(C)(C)C)C1OC(C)(C)OC1=O. The Morgan fingerprint density at radius 1 is 0.735 bits per heavy atom. The number of nitrogens with zero attached hydrogens (tertiary/aromatic N) is 7. The van der Waals surface area contributed by atoms with Gasteiger partial charge in [-0.15, -0.1) is 5.10 Å². The topological polar surface area (TPSA) is 216 Å². The number of rotatable bonds is 12. The number of ether oxygens (including phenoxy) is 5. The van der Waals surface area contributed by atoms with Crippen molar-refractivity contribution in [3.63, 3.8) is 0 Å². The predicted octanol–water partition coefficient (Wildman–Crippen LogP) is 5.96. The monoisotopic (exact) mass is 964 g/mol. The van der Waals surface area contributed by atoms with Crippen molar-refractivity contribution in [2.75, 3.05) is 58.9 Å². The normalized spacial score (nSPS) is 19.4. The van der Waals surface area contributed by atoms with Crippen molar-refractivity contribution in [2.45, 2.75) is 184 Å². The third-order valence-corrected chi connectivity index (χ3v) is 10.7. The van der Waals surface area contributed by atoms with Gasteiger partial charge in [0.15, 0.2) is 6.10 Å². The Hall–Kier alpha value is -4.72. The van der Waals surface area contributed by atoms with Crippen LogP contribution in [0, 0.1) is 17.3 Å². The van der Waals surface area contributed by atoms with E-state index in [0.717, 1.165) is 0 Å². The van der Waals surface area contributed by atoms with Gasteiger partial charge in [0.05, 0.1) is 11.6 Å². The lowest BCUT2D eigenvalue weighted by atomic mass is 9.84. The van der Waals surface area contributed by atoms with Gasteiger partial charge in [-0.1, -0.05) is 39.8 Å². The van der Waals surface area contributed by atoms with Crippen LogP contribution in [-0.4, -0.2) is 164 Å². The van der Waals surface area contributed by atoms with Crippen LogP contribution in [0.2, 0.25) is 0 Å². The molecule has 3 atom stereocenters. The highest BCUT2D eigenvalue weighted by Crippen LogP contribution is 2.32. The van der Waals surface area contributed by atoms with E-state index < -0.39 is 76.2 Å². The molecule has 2 aliphatic heterocycles. The maximum atomic E-state index is 13.8. The summed E-state index contributed by atoms with van der Waals surface area (Å²) in [6.45, 7) is 32.9. The first kappa shape index (κ1) is 57.6. The van der Waals surface area contributed by atoms with Crippen LogP contribution in [-0.2, 0) is 51.2 Å². The number of hydrogen-bond acceptors (Lipinski definition) is 14. The third kappa shape index (κ3) is 20.5. The van der Waals surface area contributed by atoms with E-state index >= 15 is 0 Å². The number of esters is 1. The molecule has 2 aliphatic rings. The Kier molecular flexibility index (Phi) is 20.5. The zero-order chi connectivity index (χ0) is 51.4. The van der Waals surface area contributed by atoms with Gasteiger partial charge in [0.25, 0.3) is 0 Å². The minimum absolute atomic E-state index is 0.0740. The lowest BCUT2D eigenvalue weighted by Crippen LogP contribution is -2.56. The summed E-state index contributed by atoms with van der Waals surface area (Å²) < 4.78 is 30.2. The van der Waals surface area contributed by atoms with Gasteiger partial charge < -0.3 is 49.0 Å². The number of aromatic nitrogens is 3. The molecule has 68 heavy (non-hydrogen) atoms. The van der Waals surface area contributed by atoms with E-state index in [1.54, 1.807) is 54.0 Å². The third-order valence-electron chi connectivity index (χ3n) is 10.7. The number of aryl methyl sites for hydroxylation is 1. The molecule has 3 heterocycles. The van der Waals surface area contributed by atoms with Gasteiger partial charge in [-0.2, -0.15) is 0 Å². The van der Waals surface area contributed by atoms with Crippen molar-refractivity contribution in [1.82, 2.24) is 45.2 Å². The molecule has 0 bridgehead atoms. The summed E-state index contributed by atoms with van der Waals surface area (Å²) in [5, 5.41) is 14.7. The Labute approximate surface area is 405 Å². The van der Waals surface area contributed by atoms with Gasteiger partial charge in [0, 0.05) is 92.0 Å². The summed E-state index contributed by atoms with van der Waals surface area (Å²) in [6.07, 6.45) is 1.22. The molecule has 0 spiro atoms. The highest BCUT2D eigenvalue weighted by atomic mass is 16.8. The molecule has 1 aromatic rings. The van der Waals surface area contributed by atoms with E-state index in [2.05, 4.69) is 25.8 Å². The van der Waals surface area contributed by atoms with E-state index in [1.807, 2.05) is 82.4 Å². The molecule has 388 valence electrons. The van der Waals surface area contributed by atoms with Gasteiger partial charge in [-0.05, 0) is 99.3 Å². The molecule has 5 amide bonds. The molecule has 20 heteroatoms. The molecular formula is C48H85N9O11. The second-order valence-corrected chi connectivity index (χ2v) is 22.9. The Bertz CT molecular complexity index is 1840. The molecule has 0 saturated carbocycles. The molecule has 0 aliphatic carbocycles. The standard InChI is InChI=1S/C48H85N9O11/c1-33(2)30-35(36-40(60)65-48(15,16)64-36)38(58)50-37(44(3,4)5)39(59)49-20-17-25-57-32-34(51-52-57)31-53-21-18-22-55(42(62)67-46(9,10)11)28-29-56(43(63)68-47(12,13)14)24-19-23-54(27-26-53)41(61)66-45(6,7)8/h32-33,35-37H,17-31H2,1-16H3,(H,49,59)(H,50,58). The summed E-state index contributed by atoms with van der Waals surface area (Å²) in [5.41, 5.74) is -2.12. The number of carbonyl (C=O) groups is 6. The molecule has 20 nitrogen and oxygen atoms in total. The summed E-state index contributed by atoms with van der Waals surface area (Å²) in [7, 11) is 0. The smallest absolute Gasteiger partial charge is 0.410 e. The van der Waals surface area contributed by atoms with Gasteiger partial charge >= 0.3 is 24.2 Å². The number of carbonyl (C=O) groups excluding carboxylic acids is 6. The van der Waals surface area contributed by atoms with E-state index in [1.165, 1.54) is 0 Å². The fourth-order valence-electron chi connectivity index (χ4n) is 7.60. The van der Waals surface area contributed by atoms with Crippen molar-refractivity contribution in [1.29, 1.82) is 0 Å². The van der Waals surface area contributed by atoms with E-state index in [9.17, 15) is 28.8 Å². The Morgan fingerprint density at radius 3 is 1.66 bits per heavy atom. The largest absolute Gasteiger partial charge is 0.444 e. The minimum atomic E-state index is -1.15. The maximum absolute atomic E-state index is 13.8. The molecule has 2 saturated heterocycles. The van der Waals surface area contributed by atoms with Crippen molar-refractivity contribution in [2.24, 2.45) is 17.3 Å². The molecule has 0 radical (unpaired) electrons. The molecule has 2 fully saturated rings. The Balaban J connectivity index is 1.72. The van der Waals surface area contributed by atoms with Gasteiger partial charge in [0.1, 0.15) is 22.8 Å². The fourth-order valence-corrected chi connectivity index (χ4v) is 7.60. The minimum Gasteiger partial charge on any atom is -0.444 e. The van der Waals surface area contributed by atoms with E-state index in [0.29, 0.717) is 83.7 Å². The highest BCUT2D eigenvalue weighted by molar-refractivity contribution is 5.92. The molecule has 1 aromatic heterocycles. The van der Waals surface area contributed by atoms with Crippen molar-refractivity contribution in [3.8, 4) is 0 Å². The van der Waals surface area contributed by atoms with Crippen LogP contribution in [0.4, 0.5) is 14.4 Å². The zero-order valence-electron chi connectivity index (χ0n) is 44.1. The number of cyclic esters (lactones) is 1. The highest BCUT2D eigenvalue weighted by Gasteiger charge is 2.48. The van der Waals surface area contributed by atoms with E-state index in [4.69, 9.17) is 23.7 Å². The number of amides is 5. The second-order valence-electron chi connectivity index (χ2n) is 22.9. The molecule has 3 rings (SSSR count). The first-order valence-corrected chi connectivity index (χ1v) is 24.3. The van der Waals surface area contributed by atoms with Crippen LogP contribution >= 0.6 is 0 Å². The summed E-state index contributed by atoms with van der Waals surface area (Å²) in [6, 6.07) is -0.892. The predicted molar refractivity (Wildman–Crippen MR) is 255 cm³/mol. The molecule has 3 unspecified atom stereocenters. The van der Waals surface area contributed by atoms with Crippen molar-refractivity contribution < 1.29 is 52.5 Å². The number of nitrogens with one attached hydrogen (secondary N) is 2. The van der Waals surface area contributed by atoms with Gasteiger partial charge in [-0.25, -0.2) is 19.2 Å². The first-order valence-electron chi connectivity index (χ1n) is 24.3. The molecule has 0 aromatic carbocycles. The second kappa shape index (κ2) is 24.2. The Morgan fingerprint density at radius 2 is 1.22 bits per heavy atom. The van der Waals surface area contributed by atoms with Crippen LogP contribution in [0.25, 0.3) is 0 Å². The fraction of sp³-hybridized carbons (Fsp3) is 0.833. The van der Waals surface area contributed by atoms with Crippen LogP contribution in [0.5, 0.6) is 0 Å². The summed E-state index contributed by atoms with van der Waals surface area (Å²) in [4.78, 5) is 87.5. The first-order chi connectivity index (χ1) is 31.2. The van der Waals surface area contributed by atoms with E-state index in [-0.39, 0.29) is 31.5 Å². The average molecular weight is 964 g/mol.